The maximum atomic E-state index is 11.4. The average Bonchev–Trinajstić information content (AvgIpc) is 2.36. The van der Waals surface area contributed by atoms with E-state index in [0.29, 0.717) is 18.4 Å². The zero-order valence-electron chi connectivity index (χ0n) is 10.8. The van der Waals surface area contributed by atoms with Crippen LogP contribution in [0.1, 0.15) is 30.4 Å². The smallest absolute Gasteiger partial charge is 0.303 e. The molecule has 0 radical (unpaired) electrons. The molecule has 1 aromatic rings. The normalized spacial score (nSPS) is 10.2. The first-order valence-electron chi connectivity index (χ1n) is 5.65. The molecule has 0 fully saturated rings. The average molecular weight is 292 g/mol. The lowest BCUT2D eigenvalue weighted by Gasteiger charge is -2.00. The van der Waals surface area contributed by atoms with Crippen molar-refractivity contribution >= 4 is 15.8 Å². The number of carbonyl (C=O) groups is 1. The molecule has 0 aliphatic heterocycles. The Balaban J connectivity index is 2.88. The predicted octanol–water partition coefficient (Wildman–Crippen LogP) is 0.963. The second kappa shape index (κ2) is 6.69. The summed E-state index contributed by atoms with van der Waals surface area (Å²) < 4.78 is 22.8. The minimum Gasteiger partial charge on any atom is -0.481 e. The third-order valence-corrected chi connectivity index (χ3v) is 3.28. The highest BCUT2D eigenvalue weighted by Crippen LogP contribution is 2.13. The van der Waals surface area contributed by atoms with Crippen molar-refractivity contribution in [2.24, 2.45) is 0 Å². The van der Waals surface area contributed by atoms with Crippen molar-refractivity contribution < 1.29 is 18.3 Å². The molecule has 0 saturated carbocycles. The lowest BCUT2D eigenvalue weighted by Crippen LogP contribution is -2.04. The highest BCUT2D eigenvalue weighted by molar-refractivity contribution is 7.90. The van der Waals surface area contributed by atoms with Crippen molar-refractivity contribution in [3.05, 3.63) is 23.4 Å². The number of carboxylic acids is 1. The van der Waals surface area contributed by atoms with Gasteiger partial charge in [-0.25, -0.2) is 13.4 Å². The summed E-state index contributed by atoms with van der Waals surface area (Å²) in [6.07, 6.45) is 3.14. The van der Waals surface area contributed by atoms with Crippen LogP contribution in [0.4, 0.5) is 0 Å². The molecule has 1 rings (SSSR count). The quantitative estimate of drug-likeness (QED) is 0.654. The van der Waals surface area contributed by atoms with Gasteiger partial charge in [-0.1, -0.05) is 11.8 Å². The molecule has 1 aromatic heterocycles. The molecule has 104 valence electrons. The van der Waals surface area contributed by atoms with Crippen LogP contribution in [0.5, 0.6) is 0 Å². The number of rotatable bonds is 4. The Hall–Kier alpha value is -2.38. The van der Waals surface area contributed by atoms with Crippen LogP contribution in [0.3, 0.4) is 0 Å². The van der Waals surface area contributed by atoms with E-state index in [-0.39, 0.29) is 17.0 Å². The highest BCUT2D eigenvalue weighted by Gasteiger charge is 2.15. The van der Waals surface area contributed by atoms with E-state index in [1.54, 1.807) is 6.07 Å². The lowest BCUT2D eigenvalue weighted by molar-refractivity contribution is -0.137. The van der Waals surface area contributed by atoms with Crippen LogP contribution < -0.4 is 0 Å². The summed E-state index contributed by atoms with van der Waals surface area (Å²) in [6, 6.07) is 3.13. The van der Waals surface area contributed by atoms with Crippen LogP contribution in [0.15, 0.2) is 17.3 Å². The Bertz CT molecular complexity index is 721. The zero-order valence-corrected chi connectivity index (χ0v) is 11.6. The number of hydrogen-bond donors (Lipinski definition) is 1. The van der Waals surface area contributed by atoms with Crippen LogP contribution in [0.25, 0.3) is 0 Å². The first kappa shape index (κ1) is 15.7. The van der Waals surface area contributed by atoms with Gasteiger partial charge >= 0.3 is 5.97 Å². The molecule has 0 spiro atoms. The van der Waals surface area contributed by atoms with Gasteiger partial charge < -0.3 is 5.11 Å². The van der Waals surface area contributed by atoms with Gasteiger partial charge in [-0.2, -0.15) is 5.26 Å². The van der Waals surface area contributed by atoms with Crippen LogP contribution >= 0.6 is 0 Å². The maximum absolute atomic E-state index is 11.4. The summed E-state index contributed by atoms with van der Waals surface area (Å²) in [5, 5.41) is 17.1. The van der Waals surface area contributed by atoms with Crippen molar-refractivity contribution in [3.8, 4) is 17.9 Å². The summed E-state index contributed by atoms with van der Waals surface area (Å²) in [4.78, 5) is 14.0. The van der Waals surface area contributed by atoms with Crippen LogP contribution in [-0.2, 0) is 14.6 Å². The Morgan fingerprint density at radius 1 is 1.50 bits per heavy atom. The fraction of sp³-hybridized carbons (Fsp3) is 0.308. The van der Waals surface area contributed by atoms with Gasteiger partial charge in [0, 0.05) is 30.9 Å². The van der Waals surface area contributed by atoms with Gasteiger partial charge in [0.05, 0.1) is 5.56 Å². The second-order valence-electron chi connectivity index (χ2n) is 4.01. The third kappa shape index (κ3) is 4.71. The topological polar surface area (TPSA) is 108 Å². The summed E-state index contributed by atoms with van der Waals surface area (Å²) in [5.41, 5.74) is 0.370. The Morgan fingerprint density at radius 2 is 2.20 bits per heavy atom. The Morgan fingerprint density at radius 3 is 2.75 bits per heavy atom. The molecule has 0 aliphatic carbocycles. The van der Waals surface area contributed by atoms with Gasteiger partial charge in [-0.05, 0) is 12.5 Å². The number of nitriles is 1. The molecule has 1 N–H and O–H groups in total. The van der Waals surface area contributed by atoms with E-state index in [1.807, 2.05) is 0 Å². The molecule has 6 nitrogen and oxygen atoms in total. The number of carboxylic acid groups (broad SMARTS) is 1. The number of unbranched alkanes of at least 4 members (excludes halogenated alkanes) is 1. The molecule has 0 saturated heterocycles. The number of pyridine rings is 1. The first-order chi connectivity index (χ1) is 9.34. The van der Waals surface area contributed by atoms with E-state index in [0.717, 1.165) is 6.26 Å². The molecule has 0 amide bonds. The minimum atomic E-state index is -3.55. The molecular weight excluding hydrogens is 280 g/mol. The molecule has 0 aliphatic rings. The Kier molecular flexibility index (Phi) is 5.24. The van der Waals surface area contributed by atoms with E-state index in [2.05, 4.69) is 16.8 Å². The summed E-state index contributed by atoms with van der Waals surface area (Å²) in [5.74, 6) is 4.60. The zero-order chi connectivity index (χ0) is 15.2. The molecule has 0 aromatic carbocycles. The van der Waals surface area contributed by atoms with Gasteiger partial charge in [-0.15, -0.1) is 0 Å². The molecule has 20 heavy (non-hydrogen) atoms. The van der Waals surface area contributed by atoms with Crippen molar-refractivity contribution in [1.29, 1.82) is 5.26 Å². The van der Waals surface area contributed by atoms with E-state index in [4.69, 9.17) is 10.4 Å². The number of aromatic nitrogens is 1. The molecule has 0 unspecified atom stereocenters. The number of sulfone groups is 1. The van der Waals surface area contributed by atoms with Crippen LogP contribution in [0, 0.1) is 23.2 Å². The van der Waals surface area contributed by atoms with E-state index in [1.165, 1.54) is 12.3 Å². The van der Waals surface area contributed by atoms with Crippen molar-refractivity contribution in [2.45, 2.75) is 24.3 Å². The molecule has 0 atom stereocenters. The monoisotopic (exact) mass is 292 g/mol. The standard InChI is InChI=1S/C13H12N2O4S/c1-20(18,19)13-11(8-14)7-10(9-15-13)5-3-2-4-6-12(16)17/h7,9H,2,4,6H2,1H3,(H,16,17). The first-order valence-corrected chi connectivity index (χ1v) is 7.54. The largest absolute Gasteiger partial charge is 0.481 e. The summed E-state index contributed by atoms with van der Waals surface area (Å²) in [6.45, 7) is 0. The number of aliphatic carboxylic acids is 1. The van der Waals surface area contributed by atoms with Crippen molar-refractivity contribution in [1.82, 2.24) is 4.98 Å². The fourth-order valence-corrected chi connectivity index (χ4v) is 2.14. The van der Waals surface area contributed by atoms with Gasteiger partial charge in [0.2, 0.25) is 0 Å². The van der Waals surface area contributed by atoms with Crippen LogP contribution in [-0.4, -0.2) is 30.7 Å². The summed E-state index contributed by atoms with van der Waals surface area (Å²) >= 11 is 0. The van der Waals surface area contributed by atoms with Gasteiger partial charge in [0.1, 0.15) is 6.07 Å². The van der Waals surface area contributed by atoms with Gasteiger partial charge in [-0.3, -0.25) is 4.79 Å². The molecule has 1 heterocycles. The van der Waals surface area contributed by atoms with Gasteiger partial charge in [0.25, 0.3) is 0 Å². The maximum Gasteiger partial charge on any atom is 0.303 e. The third-order valence-electron chi connectivity index (χ3n) is 2.25. The Labute approximate surface area is 117 Å². The van der Waals surface area contributed by atoms with Crippen molar-refractivity contribution in [3.63, 3.8) is 0 Å². The fourth-order valence-electron chi connectivity index (χ4n) is 1.39. The van der Waals surface area contributed by atoms with Gasteiger partial charge in [0.15, 0.2) is 14.9 Å². The van der Waals surface area contributed by atoms with E-state index >= 15 is 0 Å². The molecule has 7 heteroatoms. The van der Waals surface area contributed by atoms with Crippen molar-refractivity contribution in [2.75, 3.05) is 6.26 Å². The number of hydrogen-bond acceptors (Lipinski definition) is 5. The lowest BCUT2D eigenvalue weighted by atomic mass is 10.2. The number of nitrogens with zero attached hydrogens (tertiary/aromatic N) is 2. The second-order valence-corrected chi connectivity index (χ2v) is 5.94. The predicted molar refractivity (Wildman–Crippen MR) is 70.4 cm³/mol. The SMILES string of the molecule is CS(=O)(=O)c1ncc(C#CCCCC(=O)O)cc1C#N. The molecule has 0 bridgehead atoms. The van der Waals surface area contributed by atoms with E-state index in [9.17, 15) is 13.2 Å². The van der Waals surface area contributed by atoms with E-state index < -0.39 is 15.8 Å². The van der Waals surface area contributed by atoms with Crippen LogP contribution in [0.2, 0.25) is 0 Å². The minimum absolute atomic E-state index is 0.0450. The molecular formula is C13H12N2O4S. The highest BCUT2D eigenvalue weighted by atomic mass is 32.2. The summed E-state index contributed by atoms with van der Waals surface area (Å²) in [7, 11) is -3.55.